The third kappa shape index (κ3) is 5.34. The molecular formula is C48H34N2. The van der Waals surface area contributed by atoms with Gasteiger partial charge in [0.25, 0.3) is 0 Å². The Kier molecular flexibility index (Phi) is 5.11. The van der Waals surface area contributed by atoms with Crippen LogP contribution in [-0.2, 0) is 0 Å². The lowest BCUT2D eigenvalue weighted by atomic mass is 10.0. The van der Waals surface area contributed by atoms with Crippen LogP contribution in [0.15, 0.2) is 206 Å². The molecule has 9 rings (SSSR count). The second-order valence-electron chi connectivity index (χ2n) is 11.8. The highest BCUT2D eigenvalue weighted by Gasteiger charge is 2.17. The van der Waals surface area contributed by atoms with Gasteiger partial charge in [0.05, 0.1) is 31.8 Å². The number of hydrogen-bond acceptors (Lipinski definition) is 1. The standard InChI is InChI=1S/C48H34N2/c1-4-15-35(16-5-1)38-19-14-22-42(33-38)49(40-20-8-3-9-21-40)41-30-27-36(28-31-41)39-29-32-48-45(34-39)44-24-11-13-26-47(44)50(48)46-25-12-10-23-43(46)37-17-6-2-7-18-37/h1-34H/i3D,8D,9D,20D,21D,27D,28D,29D,30D,31D,32D. The zero-order valence-electron chi connectivity index (χ0n) is 37.7. The van der Waals surface area contributed by atoms with E-state index in [2.05, 4.69) is 0 Å². The van der Waals surface area contributed by atoms with E-state index in [0.29, 0.717) is 16.5 Å². The van der Waals surface area contributed by atoms with Crippen LogP contribution in [-0.4, -0.2) is 4.57 Å². The van der Waals surface area contributed by atoms with Crippen molar-refractivity contribution in [3.63, 3.8) is 0 Å². The van der Waals surface area contributed by atoms with Gasteiger partial charge in [-0.1, -0.05) is 145 Å². The Morgan fingerprint density at radius 2 is 1.02 bits per heavy atom. The molecule has 0 aliphatic heterocycles. The van der Waals surface area contributed by atoms with Crippen molar-refractivity contribution >= 4 is 38.9 Å². The first kappa shape index (κ1) is 20.0. The predicted octanol–water partition coefficient (Wildman–Crippen LogP) is 13.3. The first-order chi connectivity index (χ1) is 29.4. The fourth-order valence-corrected chi connectivity index (χ4v) is 6.49. The van der Waals surface area contributed by atoms with Gasteiger partial charge in [0, 0.05) is 33.4 Å². The molecule has 2 heteroatoms. The monoisotopic (exact) mass is 649 g/mol. The van der Waals surface area contributed by atoms with E-state index in [-0.39, 0.29) is 40.3 Å². The molecule has 0 atom stereocenters. The molecule has 0 saturated heterocycles. The molecule has 0 spiro atoms. The molecule has 1 heterocycles. The van der Waals surface area contributed by atoms with Crippen molar-refractivity contribution < 1.29 is 15.1 Å². The molecule has 0 aliphatic carbocycles. The van der Waals surface area contributed by atoms with Crippen molar-refractivity contribution in [3.8, 4) is 39.1 Å². The Labute approximate surface area is 308 Å². The molecule has 0 aliphatic rings. The van der Waals surface area contributed by atoms with Gasteiger partial charge in [0.1, 0.15) is 0 Å². The van der Waals surface area contributed by atoms with Crippen LogP contribution in [0, 0.1) is 0 Å². The maximum Gasteiger partial charge on any atom is 0.0645 e. The van der Waals surface area contributed by atoms with Crippen molar-refractivity contribution in [2.24, 2.45) is 0 Å². The summed E-state index contributed by atoms with van der Waals surface area (Å²) < 4.78 is 102. The molecule has 50 heavy (non-hydrogen) atoms. The molecule has 0 bridgehead atoms. The third-order valence-corrected chi connectivity index (χ3v) is 8.77. The number of fused-ring (bicyclic) bond motifs is 3. The molecule has 0 amide bonds. The number of para-hydroxylation sites is 3. The second kappa shape index (κ2) is 12.8. The lowest BCUT2D eigenvalue weighted by Gasteiger charge is -2.26. The van der Waals surface area contributed by atoms with Crippen LogP contribution in [0.1, 0.15) is 15.1 Å². The number of rotatable bonds is 7. The average molecular weight is 650 g/mol. The lowest BCUT2D eigenvalue weighted by Crippen LogP contribution is -2.09. The minimum absolute atomic E-state index is 0.0146. The fourth-order valence-electron chi connectivity index (χ4n) is 6.49. The Balaban J connectivity index is 1.30. The van der Waals surface area contributed by atoms with Crippen LogP contribution in [0.25, 0.3) is 60.9 Å². The van der Waals surface area contributed by atoms with E-state index in [1.54, 1.807) is 24.3 Å². The van der Waals surface area contributed by atoms with E-state index in [1.807, 2.05) is 120 Å². The summed E-state index contributed by atoms with van der Waals surface area (Å²) in [7, 11) is 0. The van der Waals surface area contributed by atoms with Crippen LogP contribution < -0.4 is 4.90 Å². The topological polar surface area (TPSA) is 8.17 Å². The van der Waals surface area contributed by atoms with Gasteiger partial charge in [-0.2, -0.15) is 0 Å². The van der Waals surface area contributed by atoms with Crippen LogP contribution in [0.4, 0.5) is 17.1 Å². The Morgan fingerprint density at radius 1 is 0.380 bits per heavy atom. The number of benzene rings is 8. The van der Waals surface area contributed by atoms with Gasteiger partial charge >= 0.3 is 0 Å². The zero-order valence-corrected chi connectivity index (χ0v) is 26.7. The van der Waals surface area contributed by atoms with Gasteiger partial charge in [-0.15, -0.1) is 0 Å². The molecule has 8 aromatic carbocycles. The Morgan fingerprint density at radius 3 is 1.82 bits per heavy atom. The largest absolute Gasteiger partial charge is 0.310 e. The van der Waals surface area contributed by atoms with Crippen molar-refractivity contribution in [2.75, 3.05) is 4.90 Å². The van der Waals surface area contributed by atoms with Crippen molar-refractivity contribution in [2.45, 2.75) is 0 Å². The summed E-state index contributed by atoms with van der Waals surface area (Å²) in [5.41, 5.74) is 4.72. The van der Waals surface area contributed by atoms with Gasteiger partial charge in [0.2, 0.25) is 0 Å². The van der Waals surface area contributed by atoms with E-state index in [9.17, 15) is 8.22 Å². The fraction of sp³-hybridized carbons (Fsp3) is 0. The quantitative estimate of drug-likeness (QED) is 0.167. The summed E-state index contributed by atoms with van der Waals surface area (Å²) in [6.45, 7) is 0. The van der Waals surface area contributed by atoms with Gasteiger partial charge < -0.3 is 9.47 Å². The SMILES string of the molecule is [2H]c1c([2H])c([2H])c(N(c2cccc(-c3ccccc3)c2)c2c([2H])c([2H])c(-c3cc4c5ccccc5n(-c5ccccc5-c5ccccc5)c4c([2H])c3[2H])c([2H])c2[2H])c([2H])c1[2H]. The van der Waals surface area contributed by atoms with Crippen molar-refractivity contribution in [1.82, 2.24) is 4.57 Å². The molecule has 9 aromatic rings. The smallest absolute Gasteiger partial charge is 0.0645 e. The molecular weight excluding hydrogens is 605 g/mol. The molecule has 0 fully saturated rings. The maximum absolute atomic E-state index is 9.53. The number of hydrogen-bond donors (Lipinski definition) is 0. The molecule has 1 aromatic heterocycles. The number of anilines is 3. The number of nitrogens with zero attached hydrogens (tertiary/aromatic N) is 2. The van der Waals surface area contributed by atoms with Gasteiger partial charge in [0.15, 0.2) is 0 Å². The van der Waals surface area contributed by atoms with Crippen LogP contribution in [0.5, 0.6) is 0 Å². The van der Waals surface area contributed by atoms with Crippen LogP contribution in [0.3, 0.4) is 0 Å². The first-order valence-electron chi connectivity index (χ1n) is 21.7. The predicted molar refractivity (Wildman–Crippen MR) is 212 cm³/mol. The van der Waals surface area contributed by atoms with E-state index in [4.69, 9.17) is 6.85 Å². The summed E-state index contributed by atoms with van der Waals surface area (Å²) in [6.07, 6.45) is 0. The summed E-state index contributed by atoms with van der Waals surface area (Å²) in [5, 5.41) is 1.33. The van der Waals surface area contributed by atoms with E-state index in [1.165, 1.54) is 4.90 Å². The van der Waals surface area contributed by atoms with E-state index < -0.39 is 54.4 Å². The minimum atomic E-state index is -0.632. The van der Waals surface area contributed by atoms with Crippen LogP contribution in [0.2, 0.25) is 0 Å². The van der Waals surface area contributed by atoms with Crippen molar-refractivity contribution in [3.05, 3.63) is 206 Å². The summed E-state index contributed by atoms with van der Waals surface area (Å²) >= 11 is 0. The zero-order chi connectivity index (χ0) is 42.9. The third-order valence-electron chi connectivity index (χ3n) is 8.77. The van der Waals surface area contributed by atoms with Gasteiger partial charge in [-0.05, 0) is 88.4 Å². The molecule has 0 saturated carbocycles. The Bertz CT molecular complexity index is 3160. The van der Waals surface area contributed by atoms with Gasteiger partial charge in [-0.25, -0.2) is 0 Å². The minimum Gasteiger partial charge on any atom is -0.310 e. The maximum atomic E-state index is 9.53. The summed E-state index contributed by atoms with van der Waals surface area (Å²) in [5.74, 6) is 0. The molecule has 236 valence electrons. The van der Waals surface area contributed by atoms with Gasteiger partial charge in [-0.3, -0.25) is 0 Å². The highest BCUT2D eigenvalue weighted by Crippen LogP contribution is 2.40. The van der Waals surface area contributed by atoms with E-state index >= 15 is 0 Å². The first-order valence-corrected chi connectivity index (χ1v) is 16.2. The van der Waals surface area contributed by atoms with Crippen LogP contribution >= 0.6 is 0 Å². The molecule has 2 nitrogen and oxygen atoms in total. The Hall–Kier alpha value is -6.64. The second-order valence-corrected chi connectivity index (χ2v) is 11.8. The highest BCUT2D eigenvalue weighted by molar-refractivity contribution is 6.11. The van der Waals surface area contributed by atoms with Crippen molar-refractivity contribution in [1.29, 1.82) is 0 Å². The molecule has 0 unspecified atom stereocenters. The molecule has 0 radical (unpaired) electrons. The molecule has 0 N–H and O–H groups in total. The summed E-state index contributed by atoms with van der Waals surface area (Å²) in [6, 6.07) is 37.4. The van der Waals surface area contributed by atoms with E-state index in [0.717, 1.165) is 33.3 Å². The number of aromatic nitrogens is 1. The average Bonchev–Trinajstić information content (AvgIpc) is 3.63. The summed E-state index contributed by atoms with van der Waals surface area (Å²) in [4.78, 5) is 1.19. The lowest BCUT2D eigenvalue weighted by molar-refractivity contribution is 1.18. The highest BCUT2D eigenvalue weighted by atomic mass is 15.1. The normalized spacial score (nSPS) is 14.3.